The summed E-state index contributed by atoms with van der Waals surface area (Å²) >= 11 is 6.06. The quantitative estimate of drug-likeness (QED) is 0.818. The van der Waals surface area contributed by atoms with Crippen molar-refractivity contribution in [3.8, 4) is 0 Å². The lowest BCUT2D eigenvalue weighted by Crippen LogP contribution is -2.49. The van der Waals surface area contributed by atoms with Gasteiger partial charge in [0, 0.05) is 50.8 Å². The van der Waals surface area contributed by atoms with Crippen LogP contribution in [0.4, 0.5) is 4.39 Å². The van der Waals surface area contributed by atoms with Crippen LogP contribution in [-0.2, 0) is 11.2 Å². The molecule has 0 aromatic heterocycles. The first kappa shape index (κ1) is 18.6. The van der Waals surface area contributed by atoms with Gasteiger partial charge >= 0.3 is 0 Å². The highest BCUT2D eigenvalue weighted by molar-refractivity contribution is 6.31. The fraction of sp³-hybridized carbons (Fsp3) is 0.632. The predicted molar refractivity (Wildman–Crippen MR) is 98.4 cm³/mol. The van der Waals surface area contributed by atoms with Crippen LogP contribution in [0.15, 0.2) is 18.2 Å². The number of nitrogens with zero attached hydrogens (tertiary/aromatic N) is 3. The second kappa shape index (κ2) is 8.47. The third-order valence-electron chi connectivity index (χ3n) is 5.34. The zero-order valence-electron chi connectivity index (χ0n) is 14.9. The Bertz CT molecular complexity index is 604. The Labute approximate surface area is 154 Å². The molecule has 1 aromatic rings. The summed E-state index contributed by atoms with van der Waals surface area (Å²) in [4.78, 5) is 19.5. The minimum absolute atomic E-state index is 0.0941. The van der Waals surface area contributed by atoms with Crippen LogP contribution >= 0.6 is 11.6 Å². The number of amides is 1. The molecule has 2 saturated heterocycles. The van der Waals surface area contributed by atoms with Crippen molar-refractivity contribution in [2.45, 2.75) is 19.3 Å². The van der Waals surface area contributed by atoms with Gasteiger partial charge < -0.3 is 14.7 Å². The topological polar surface area (TPSA) is 26.8 Å². The van der Waals surface area contributed by atoms with E-state index in [1.807, 2.05) is 4.90 Å². The van der Waals surface area contributed by atoms with Gasteiger partial charge in [-0.25, -0.2) is 4.39 Å². The van der Waals surface area contributed by atoms with Crippen molar-refractivity contribution in [2.24, 2.45) is 5.92 Å². The molecule has 1 amide bonds. The molecular weight excluding hydrogens is 341 g/mol. The molecule has 2 aliphatic heterocycles. The van der Waals surface area contributed by atoms with E-state index in [0.717, 1.165) is 52.2 Å². The number of hydrogen-bond acceptors (Lipinski definition) is 3. The van der Waals surface area contributed by atoms with Crippen LogP contribution in [0.3, 0.4) is 0 Å². The van der Waals surface area contributed by atoms with E-state index in [1.54, 1.807) is 6.07 Å². The maximum absolute atomic E-state index is 13.2. The fourth-order valence-electron chi connectivity index (χ4n) is 3.78. The molecule has 0 bridgehead atoms. The van der Waals surface area contributed by atoms with Crippen molar-refractivity contribution in [3.63, 3.8) is 0 Å². The van der Waals surface area contributed by atoms with Gasteiger partial charge in [0.15, 0.2) is 0 Å². The second-order valence-electron chi connectivity index (χ2n) is 7.36. The molecule has 1 unspecified atom stereocenters. The average Bonchev–Trinajstić information content (AvgIpc) is 2.60. The highest BCUT2D eigenvalue weighted by Gasteiger charge is 2.26. The minimum Gasteiger partial charge on any atom is -0.342 e. The van der Waals surface area contributed by atoms with E-state index in [0.29, 0.717) is 16.5 Å². The second-order valence-corrected chi connectivity index (χ2v) is 7.77. The van der Waals surface area contributed by atoms with Crippen LogP contribution in [0.2, 0.25) is 5.02 Å². The molecule has 0 radical (unpaired) electrons. The highest BCUT2D eigenvalue weighted by atomic mass is 35.5. The average molecular weight is 368 g/mol. The van der Waals surface area contributed by atoms with Crippen LogP contribution in [0, 0.1) is 11.7 Å². The molecule has 2 aliphatic rings. The Morgan fingerprint density at radius 3 is 2.72 bits per heavy atom. The molecule has 2 heterocycles. The summed E-state index contributed by atoms with van der Waals surface area (Å²) in [6.45, 7) is 7.20. The molecule has 0 N–H and O–H groups in total. The Morgan fingerprint density at radius 1 is 1.24 bits per heavy atom. The molecule has 25 heavy (non-hydrogen) atoms. The number of rotatable bonds is 4. The molecule has 1 aromatic carbocycles. The molecule has 0 saturated carbocycles. The van der Waals surface area contributed by atoms with Crippen LogP contribution < -0.4 is 0 Å². The van der Waals surface area contributed by atoms with Crippen LogP contribution in [0.25, 0.3) is 0 Å². The normalized spacial score (nSPS) is 23.0. The molecule has 138 valence electrons. The summed E-state index contributed by atoms with van der Waals surface area (Å²) in [6, 6.07) is 4.25. The third-order valence-corrected chi connectivity index (χ3v) is 5.69. The zero-order chi connectivity index (χ0) is 17.8. The van der Waals surface area contributed by atoms with Crippen molar-refractivity contribution in [1.82, 2.24) is 14.7 Å². The highest BCUT2D eigenvalue weighted by Crippen LogP contribution is 2.22. The zero-order valence-corrected chi connectivity index (χ0v) is 15.6. The fourth-order valence-corrected chi connectivity index (χ4v) is 4.01. The van der Waals surface area contributed by atoms with Gasteiger partial charge in [0.05, 0.1) is 6.42 Å². The maximum atomic E-state index is 13.2. The summed E-state index contributed by atoms with van der Waals surface area (Å²) in [7, 11) is 2.17. The lowest BCUT2D eigenvalue weighted by atomic mass is 9.96. The summed E-state index contributed by atoms with van der Waals surface area (Å²) in [5.41, 5.74) is 0.703. The van der Waals surface area contributed by atoms with Crippen molar-refractivity contribution in [3.05, 3.63) is 34.6 Å². The van der Waals surface area contributed by atoms with E-state index in [1.165, 1.54) is 18.6 Å². The summed E-state index contributed by atoms with van der Waals surface area (Å²) in [6.07, 6.45) is 2.50. The first-order chi connectivity index (χ1) is 12.0. The van der Waals surface area contributed by atoms with Crippen molar-refractivity contribution < 1.29 is 9.18 Å². The van der Waals surface area contributed by atoms with Gasteiger partial charge in [-0.1, -0.05) is 17.7 Å². The summed E-state index contributed by atoms with van der Waals surface area (Å²) < 4.78 is 13.2. The first-order valence-corrected chi connectivity index (χ1v) is 9.51. The number of piperazine rings is 1. The molecule has 1 atom stereocenters. The van der Waals surface area contributed by atoms with Crippen LogP contribution in [-0.4, -0.2) is 73.5 Å². The van der Waals surface area contributed by atoms with Gasteiger partial charge in [-0.2, -0.15) is 0 Å². The van der Waals surface area contributed by atoms with E-state index >= 15 is 0 Å². The van der Waals surface area contributed by atoms with Gasteiger partial charge in [0.25, 0.3) is 0 Å². The molecule has 4 nitrogen and oxygen atoms in total. The van der Waals surface area contributed by atoms with Crippen molar-refractivity contribution >= 4 is 17.5 Å². The maximum Gasteiger partial charge on any atom is 0.227 e. The number of piperidine rings is 1. The summed E-state index contributed by atoms with van der Waals surface area (Å²) in [5, 5.41) is 0.333. The number of halogens is 2. The Hall–Kier alpha value is -1.17. The smallest absolute Gasteiger partial charge is 0.227 e. The van der Waals surface area contributed by atoms with Crippen LogP contribution in [0.5, 0.6) is 0 Å². The van der Waals surface area contributed by atoms with E-state index < -0.39 is 0 Å². The molecule has 3 rings (SSSR count). The Kier molecular flexibility index (Phi) is 6.31. The SMILES string of the molecule is CN1CCN(CC2CCCN(C(=O)Cc3ccc(F)cc3Cl)C2)CC1. The standard InChI is InChI=1S/C19H27ClFN3O/c1-22-7-9-23(10-8-22)13-15-3-2-6-24(14-15)19(25)11-16-4-5-17(21)12-18(16)20/h4-5,12,15H,2-3,6-11,13-14H2,1H3. The molecule has 6 heteroatoms. The Morgan fingerprint density at radius 2 is 2.00 bits per heavy atom. The third kappa shape index (κ3) is 5.16. The first-order valence-electron chi connectivity index (χ1n) is 9.14. The molecule has 0 aliphatic carbocycles. The van der Waals surface area contributed by atoms with Gasteiger partial charge in [0.2, 0.25) is 5.91 Å². The molecule has 0 spiro atoms. The number of likely N-dealkylation sites (tertiary alicyclic amines) is 1. The van der Waals surface area contributed by atoms with E-state index in [4.69, 9.17) is 11.6 Å². The number of hydrogen-bond donors (Lipinski definition) is 0. The van der Waals surface area contributed by atoms with Crippen molar-refractivity contribution in [2.75, 3.05) is 52.9 Å². The van der Waals surface area contributed by atoms with Gasteiger partial charge in [-0.05, 0) is 43.5 Å². The molecule has 2 fully saturated rings. The number of benzene rings is 1. The van der Waals surface area contributed by atoms with E-state index in [2.05, 4.69) is 16.8 Å². The number of carbonyl (C=O) groups is 1. The number of likely N-dealkylation sites (N-methyl/N-ethyl adjacent to an activating group) is 1. The van der Waals surface area contributed by atoms with E-state index in [-0.39, 0.29) is 18.1 Å². The predicted octanol–water partition coefficient (Wildman–Crippen LogP) is 2.51. The number of carbonyl (C=O) groups excluding carboxylic acids is 1. The lowest BCUT2D eigenvalue weighted by molar-refractivity contribution is -0.132. The Balaban J connectivity index is 1.52. The van der Waals surface area contributed by atoms with Gasteiger partial charge in [-0.15, -0.1) is 0 Å². The monoisotopic (exact) mass is 367 g/mol. The van der Waals surface area contributed by atoms with Gasteiger partial charge in [-0.3, -0.25) is 4.79 Å². The minimum atomic E-state index is -0.369. The summed E-state index contributed by atoms with van der Waals surface area (Å²) in [5.74, 6) is 0.271. The van der Waals surface area contributed by atoms with Crippen LogP contribution in [0.1, 0.15) is 18.4 Å². The lowest BCUT2D eigenvalue weighted by Gasteiger charge is -2.38. The van der Waals surface area contributed by atoms with E-state index in [9.17, 15) is 9.18 Å². The van der Waals surface area contributed by atoms with Gasteiger partial charge in [0.1, 0.15) is 5.82 Å². The van der Waals surface area contributed by atoms with Crippen molar-refractivity contribution in [1.29, 1.82) is 0 Å². The molecular formula is C19H27ClFN3O. The largest absolute Gasteiger partial charge is 0.342 e.